The van der Waals surface area contributed by atoms with Crippen molar-refractivity contribution >= 4 is 17.3 Å². The minimum atomic E-state index is -0.804. The molecule has 0 aromatic heterocycles. The molecule has 0 bridgehead atoms. The van der Waals surface area contributed by atoms with Gasteiger partial charge in [-0.25, -0.2) is 4.99 Å². The van der Waals surface area contributed by atoms with Crippen molar-refractivity contribution in [2.24, 2.45) is 10.9 Å². The molecular weight excluding hydrogens is 174 g/mol. The van der Waals surface area contributed by atoms with Crippen LogP contribution in [-0.4, -0.2) is 10.6 Å². The Morgan fingerprint density at radius 1 is 1.67 bits per heavy atom. The van der Waals surface area contributed by atoms with Crippen LogP contribution in [0.1, 0.15) is 6.92 Å². The van der Waals surface area contributed by atoms with Crippen LogP contribution in [0.15, 0.2) is 17.3 Å². The molecule has 1 aliphatic rings. The van der Waals surface area contributed by atoms with Gasteiger partial charge in [0.15, 0.2) is 0 Å². The summed E-state index contributed by atoms with van der Waals surface area (Å²) in [6, 6.07) is 3.81. The lowest BCUT2D eigenvalue weighted by molar-refractivity contribution is 0.688. The van der Waals surface area contributed by atoms with Crippen molar-refractivity contribution in [1.82, 2.24) is 0 Å². The lowest BCUT2D eigenvalue weighted by Crippen LogP contribution is -2.33. The Kier molecular flexibility index (Phi) is 2.17. The molecule has 0 saturated heterocycles. The summed E-state index contributed by atoms with van der Waals surface area (Å²) >= 11 is 5.97. The summed E-state index contributed by atoms with van der Waals surface area (Å²) in [5, 5.41) is 17.3. The maximum absolute atomic E-state index is 8.73. The number of alkyl halides is 1. The number of hydrogen-bond acceptors (Lipinski definition) is 3. The Labute approximate surface area is 75.6 Å². The zero-order chi connectivity index (χ0) is 9.19. The predicted octanol–water partition coefficient (Wildman–Crippen LogP) is 1.62. The molecule has 12 heavy (non-hydrogen) atoms. The summed E-state index contributed by atoms with van der Waals surface area (Å²) in [6.45, 7) is 1.69. The first kappa shape index (κ1) is 8.77. The quantitative estimate of drug-likeness (QED) is 0.531. The van der Waals surface area contributed by atoms with Crippen LogP contribution in [0.5, 0.6) is 0 Å². The predicted molar refractivity (Wildman–Crippen MR) is 45.5 cm³/mol. The van der Waals surface area contributed by atoms with Crippen molar-refractivity contribution < 1.29 is 0 Å². The largest absolute Gasteiger partial charge is 0.249 e. The van der Waals surface area contributed by atoms with Crippen LogP contribution in [0.3, 0.4) is 0 Å². The van der Waals surface area contributed by atoms with E-state index in [1.54, 1.807) is 13.0 Å². The van der Waals surface area contributed by atoms with Gasteiger partial charge < -0.3 is 0 Å². The molecule has 0 fully saturated rings. The fourth-order valence-electron chi connectivity index (χ4n) is 0.982. The molecule has 60 valence electrons. The molecule has 0 saturated carbocycles. The van der Waals surface area contributed by atoms with E-state index < -0.39 is 10.8 Å². The minimum Gasteiger partial charge on any atom is -0.249 e. The third-order valence-electron chi connectivity index (χ3n) is 1.70. The van der Waals surface area contributed by atoms with E-state index in [0.717, 1.165) is 0 Å². The maximum atomic E-state index is 8.73. The molecule has 1 aliphatic heterocycles. The van der Waals surface area contributed by atoms with Crippen LogP contribution in [0.4, 0.5) is 0 Å². The second-order valence-electron chi connectivity index (χ2n) is 2.66. The SMILES string of the molecule is CC1(Cl)C=CN=C(C#N)C1C#N. The standard InChI is InChI=1S/C8H6ClN3/c1-8(9)2-3-12-7(5-11)6(8)4-10/h2-3,6H,1H3. The summed E-state index contributed by atoms with van der Waals surface area (Å²) in [7, 11) is 0. The highest BCUT2D eigenvalue weighted by atomic mass is 35.5. The fourth-order valence-corrected chi connectivity index (χ4v) is 1.19. The monoisotopic (exact) mass is 179 g/mol. The van der Waals surface area contributed by atoms with Crippen LogP contribution in [-0.2, 0) is 0 Å². The van der Waals surface area contributed by atoms with Gasteiger partial charge >= 0.3 is 0 Å². The van der Waals surface area contributed by atoms with Crippen LogP contribution in [0.2, 0.25) is 0 Å². The molecule has 2 atom stereocenters. The van der Waals surface area contributed by atoms with E-state index in [9.17, 15) is 0 Å². The molecule has 0 spiro atoms. The highest BCUT2D eigenvalue weighted by Crippen LogP contribution is 2.30. The Morgan fingerprint density at radius 3 is 2.75 bits per heavy atom. The van der Waals surface area contributed by atoms with Crippen LogP contribution in [0, 0.1) is 28.6 Å². The number of nitriles is 2. The summed E-state index contributed by atoms with van der Waals surface area (Å²) in [5.74, 6) is -0.644. The van der Waals surface area contributed by atoms with E-state index in [2.05, 4.69) is 4.99 Å². The highest BCUT2D eigenvalue weighted by molar-refractivity contribution is 6.28. The molecule has 0 N–H and O–H groups in total. The van der Waals surface area contributed by atoms with E-state index in [-0.39, 0.29) is 5.71 Å². The number of rotatable bonds is 0. The molecule has 1 rings (SSSR count). The molecule has 0 aliphatic carbocycles. The average Bonchev–Trinajstić information content (AvgIpc) is 2.02. The van der Waals surface area contributed by atoms with Crippen molar-refractivity contribution in [2.75, 3.05) is 0 Å². The second-order valence-corrected chi connectivity index (χ2v) is 3.47. The summed E-state index contributed by atoms with van der Waals surface area (Å²) in [5.41, 5.74) is 0.178. The molecular formula is C8H6ClN3. The number of halogens is 1. The fraction of sp³-hybridized carbons (Fsp3) is 0.375. The van der Waals surface area contributed by atoms with Crippen LogP contribution < -0.4 is 0 Å². The van der Waals surface area contributed by atoms with Crippen molar-refractivity contribution in [3.63, 3.8) is 0 Å². The normalized spacial score (nSPS) is 33.3. The Bertz CT molecular complexity index is 327. The van der Waals surface area contributed by atoms with Crippen molar-refractivity contribution in [1.29, 1.82) is 10.5 Å². The van der Waals surface area contributed by atoms with E-state index >= 15 is 0 Å². The van der Waals surface area contributed by atoms with E-state index in [1.807, 2.05) is 12.1 Å². The zero-order valence-corrected chi connectivity index (χ0v) is 7.21. The Morgan fingerprint density at radius 2 is 2.33 bits per heavy atom. The van der Waals surface area contributed by atoms with Gasteiger partial charge in [0.1, 0.15) is 17.7 Å². The Hall–Kier alpha value is -1.32. The smallest absolute Gasteiger partial charge is 0.136 e. The summed E-state index contributed by atoms with van der Waals surface area (Å²) in [6.07, 6.45) is 3.07. The first-order valence-corrected chi connectivity index (χ1v) is 3.73. The molecule has 1 heterocycles. The van der Waals surface area contributed by atoms with Gasteiger partial charge in [-0.15, -0.1) is 11.6 Å². The molecule has 0 amide bonds. The lowest BCUT2D eigenvalue weighted by atomic mass is 9.89. The van der Waals surface area contributed by atoms with Gasteiger partial charge in [-0.1, -0.05) is 0 Å². The molecule has 2 unspecified atom stereocenters. The van der Waals surface area contributed by atoms with E-state index in [0.29, 0.717) is 0 Å². The molecule has 0 aromatic carbocycles. The highest BCUT2D eigenvalue weighted by Gasteiger charge is 2.35. The summed E-state index contributed by atoms with van der Waals surface area (Å²) < 4.78 is 0. The Balaban J connectivity index is 3.10. The number of allylic oxidation sites excluding steroid dienone is 1. The summed E-state index contributed by atoms with van der Waals surface area (Å²) in [4.78, 5) is 2.96. The van der Waals surface area contributed by atoms with Crippen LogP contribution >= 0.6 is 11.6 Å². The molecule has 3 nitrogen and oxygen atoms in total. The number of aliphatic imine (C=N–C) groups is 1. The third-order valence-corrected chi connectivity index (χ3v) is 2.04. The van der Waals surface area contributed by atoms with Gasteiger partial charge in [0, 0.05) is 6.20 Å². The van der Waals surface area contributed by atoms with Gasteiger partial charge in [0.05, 0.1) is 10.9 Å². The van der Waals surface area contributed by atoms with Gasteiger partial charge in [0.25, 0.3) is 0 Å². The second kappa shape index (κ2) is 2.97. The number of nitrogens with zero attached hydrogens (tertiary/aromatic N) is 3. The molecule has 0 radical (unpaired) electrons. The third kappa shape index (κ3) is 1.32. The van der Waals surface area contributed by atoms with Gasteiger partial charge in [-0.05, 0) is 13.0 Å². The minimum absolute atomic E-state index is 0.178. The van der Waals surface area contributed by atoms with Crippen molar-refractivity contribution in [2.45, 2.75) is 11.8 Å². The topological polar surface area (TPSA) is 59.9 Å². The molecule has 4 heteroatoms. The van der Waals surface area contributed by atoms with Crippen molar-refractivity contribution in [3.05, 3.63) is 12.3 Å². The van der Waals surface area contributed by atoms with Gasteiger partial charge in [0.2, 0.25) is 0 Å². The first-order valence-electron chi connectivity index (χ1n) is 3.36. The van der Waals surface area contributed by atoms with Crippen LogP contribution in [0.25, 0.3) is 0 Å². The zero-order valence-electron chi connectivity index (χ0n) is 6.45. The lowest BCUT2D eigenvalue weighted by Gasteiger charge is -2.24. The molecule has 0 aromatic rings. The van der Waals surface area contributed by atoms with Gasteiger partial charge in [-0.2, -0.15) is 10.5 Å². The van der Waals surface area contributed by atoms with Crippen molar-refractivity contribution in [3.8, 4) is 12.1 Å². The first-order chi connectivity index (χ1) is 5.61. The van der Waals surface area contributed by atoms with Gasteiger partial charge in [-0.3, -0.25) is 0 Å². The average molecular weight is 180 g/mol. The van der Waals surface area contributed by atoms with E-state index in [4.69, 9.17) is 22.1 Å². The number of hydrogen-bond donors (Lipinski definition) is 0. The van der Waals surface area contributed by atoms with E-state index in [1.165, 1.54) is 6.20 Å². The maximum Gasteiger partial charge on any atom is 0.136 e.